The Kier molecular flexibility index (Phi) is 6.01. The van der Waals surface area contributed by atoms with E-state index < -0.39 is 5.60 Å². The molecule has 4 aromatic rings. The zero-order valence-corrected chi connectivity index (χ0v) is 22.1. The number of hydrogen-bond donors (Lipinski definition) is 1. The number of hydrogen-bond acceptors (Lipinski definition) is 4. The van der Waals surface area contributed by atoms with Crippen LogP contribution in [0.15, 0.2) is 67.0 Å². The molecule has 0 saturated carbocycles. The first kappa shape index (κ1) is 24.1. The fraction of sp³-hybridized carbons (Fsp3) is 0.375. The highest BCUT2D eigenvalue weighted by atomic mass is 16.5. The van der Waals surface area contributed by atoms with Crippen LogP contribution >= 0.6 is 0 Å². The lowest BCUT2D eigenvalue weighted by atomic mass is 9.70. The van der Waals surface area contributed by atoms with E-state index in [1.165, 1.54) is 22.3 Å². The molecule has 1 fully saturated rings. The summed E-state index contributed by atoms with van der Waals surface area (Å²) in [5.74, 6) is 0.915. The fourth-order valence-electron chi connectivity index (χ4n) is 6.49. The summed E-state index contributed by atoms with van der Waals surface area (Å²) in [5, 5.41) is 15.4. The predicted molar refractivity (Wildman–Crippen MR) is 146 cm³/mol. The van der Waals surface area contributed by atoms with Crippen LogP contribution in [0.3, 0.4) is 0 Å². The number of aliphatic hydroxyl groups is 1. The van der Waals surface area contributed by atoms with Gasteiger partial charge in [0.05, 0.1) is 23.2 Å². The lowest BCUT2D eigenvalue weighted by Gasteiger charge is -2.36. The maximum absolute atomic E-state index is 10.9. The molecule has 1 N–H and O–H groups in total. The van der Waals surface area contributed by atoms with Crippen molar-refractivity contribution in [1.29, 1.82) is 0 Å². The molecule has 5 heteroatoms. The van der Waals surface area contributed by atoms with Gasteiger partial charge in [-0.1, -0.05) is 48.5 Å². The van der Waals surface area contributed by atoms with Crippen LogP contribution in [0, 0.1) is 12.8 Å². The number of fused-ring (bicyclic) bond motifs is 3. The van der Waals surface area contributed by atoms with E-state index in [1.807, 2.05) is 38.0 Å². The van der Waals surface area contributed by atoms with Crippen LogP contribution < -0.4 is 0 Å². The molecule has 2 aromatic carbocycles. The molecule has 2 aliphatic rings. The minimum atomic E-state index is -0.917. The normalized spacial score (nSPS) is 18.5. The van der Waals surface area contributed by atoms with E-state index >= 15 is 0 Å². The molecule has 2 aromatic heterocycles. The Morgan fingerprint density at radius 3 is 2.43 bits per heavy atom. The van der Waals surface area contributed by atoms with Crippen LogP contribution in [0.2, 0.25) is 0 Å². The lowest BCUT2D eigenvalue weighted by molar-refractivity contribution is 0.0559. The van der Waals surface area contributed by atoms with E-state index in [-0.39, 0.29) is 11.8 Å². The third-order valence-electron chi connectivity index (χ3n) is 8.31. The summed E-state index contributed by atoms with van der Waals surface area (Å²) in [6.07, 6.45) is 5.99. The third kappa shape index (κ3) is 4.20. The highest BCUT2D eigenvalue weighted by Crippen LogP contribution is 2.55. The van der Waals surface area contributed by atoms with Crippen molar-refractivity contribution in [2.45, 2.75) is 51.0 Å². The molecule has 2 atom stereocenters. The minimum Gasteiger partial charge on any atom is -0.386 e. The molecule has 3 heterocycles. The van der Waals surface area contributed by atoms with Crippen molar-refractivity contribution >= 4 is 0 Å². The molecule has 5 nitrogen and oxygen atoms in total. The van der Waals surface area contributed by atoms with Gasteiger partial charge in [-0.3, -0.25) is 9.67 Å². The predicted octanol–water partition coefficient (Wildman–Crippen LogP) is 6.34. The number of benzene rings is 2. The molecule has 0 amide bonds. The zero-order chi connectivity index (χ0) is 25.7. The molecular weight excluding hydrogens is 458 g/mol. The molecule has 1 unspecified atom stereocenters. The van der Waals surface area contributed by atoms with E-state index in [0.717, 1.165) is 54.1 Å². The van der Waals surface area contributed by atoms with Crippen LogP contribution in [-0.2, 0) is 17.4 Å². The summed E-state index contributed by atoms with van der Waals surface area (Å²) in [5.41, 5.74) is 9.47. The topological polar surface area (TPSA) is 60.2 Å². The average Bonchev–Trinajstić information content (AvgIpc) is 3.40. The summed E-state index contributed by atoms with van der Waals surface area (Å²) in [6.45, 7) is 7.43. The average molecular weight is 494 g/mol. The molecule has 0 bridgehead atoms. The molecule has 6 rings (SSSR count). The van der Waals surface area contributed by atoms with Gasteiger partial charge in [0, 0.05) is 43.5 Å². The van der Waals surface area contributed by atoms with Gasteiger partial charge in [0.25, 0.3) is 0 Å². The summed E-state index contributed by atoms with van der Waals surface area (Å²) in [6, 6.07) is 19.7. The van der Waals surface area contributed by atoms with Crippen molar-refractivity contribution in [1.82, 2.24) is 14.8 Å². The second kappa shape index (κ2) is 9.23. The lowest BCUT2D eigenvalue weighted by Crippen LogP contribution is -2.26. The van der Waals surface area contributed by atoms with Crippen LogP contribution in [0.1, 0.15) is 66.3 Å². The van der Waals surface area contributed by atoms with Gasteiger partial charge in [0.2, 0.25) is 0 Å². The summed E-state index contributed by atoms with van der Waals surface area (Å²) >= 11 is 0. The van der Waals surface area contributed by atoms with E-state index in [0.29, 0.717) is 5.92 Å². The first-order chi connectivity index (χ1) is 17.8. The Labute approximate surface area is 219 Å². The summed E-state index contributed by atoms with van der Waals surface area (Å²) in [7, 11) is 1.99. The Morgan fingerprint density at radius 2 is 1.76 bits per heavy atom. The highest BCUT2D eigenvalue weighted by molar-refractivity contribution is 5.80. The number of rotatable bonds is 5. The second-order valence-corrected chi connectivity index (χ2v) is 11.2. The van der Waals surface area contributed by atoms with Gasteiger partial charge in [-0.25, -0.2) is 0 Å². The van der Waals surface area contributed by atoms with Crippen LogP contribution in [0.25, 0.3) is 22.5 Å². The van der Waals surface area contributed by atoms with Crippen molar-refractivity contribution < 1.29 is 9.84 Å². The van der Waals surface area contributed by atoms with Crippen LogP contribution in [-0.4, -0.2) is 33.1 Å². The molecule has 0 spiro atoms. The highest BCUT2D eigenvalue weighted by Gasteiger charge is 2.41. The van der Waals surface area contributed by atoms with Crippen molar-refractivity contribution in [3.05, 3.63) is 94.8 Å². The number of pyridine rings is 1. The van der Waals surface area contributed by atoms with E-state index in [4.69, 9.17) is 9.72 Å². The molecule has 0 radical (unpaired) electrons. The molecular formula is C32H35N3O2. The molecule has 190 valence electrons. The largest absolute Gasteiger partial charge is 0.386 e. The van der Waals surface area contributed by atoms with Gasteiger partial charge in [0.1, 0.15) is 0 Å². The molecule has 1 saturated heterocycles. The number of nitrogens with zero attached hydrogens (tertiary/aromatic N) is 3. The number of aromatic nitrogens is 3. The Balaban J connectivity index is 1.59. The molecule has 37 heavy (non-hydrogen) atoms. The van der Waals surface area contributed by atoms with Gasteiger partial charge >= 0.3 is 0 Å². The van der Waals surface area contributed by atoms with Crippen LogP contribution in [0.4, 0.5) is 0 Å². The van der Waals surface area contributed by atoms with E-state index in [9.17, 15) is 5.11 Å². The SMILES string of the molecule is Cc1cnn(C)c1-c1cnc2c(c1)C([C@H](c1ccccc1)C1CCOCC1)c1cc(C(C)(C)O)ccc1-2. The number of aryl methyl sites for hydroxylation is 2. The van der Waals surface area contributed by atoms with Gasteiger partial charge < -0.3 is 9.84 Å². The van der Waals surface area contributed by atoms with Gasteiger partial charge in [-0.15, -0.1) is 0 Å². The minimum absolute atomic E-state index is 0.138. The quantitative estimate of drug-likeness (QED) is 0.352. The van der Waals surface area contributed by atoms with Gasteiger partial charge in [-0.05, 0) is 79.3 Å². The monoisotopic (exact) mass is 493 g/mol. The Hall–Kier alpha value is -3.28. The molecule has 1 aliphatic heterocycles. The second-order valence-electron chi connectivity index (χ2n) is 11.2. The maximum atomic E-state index is 10.9. The maximum Gasteiger partial charge on any atom is 0.0840 e. The van der Waals surface area contributed by atoms with Crippen molar-refractivity contribution in [3.8, 4) is 22.5 Å². The summed E-state index contributed by atoms with van der Waals surface area (Å²) in [4.78, 5) is 5.07. The summed E-state index contributed by atoms with van der Waals surface area (Å²) < 4.78 is 7.73. The fourth-order valence-corrected chi connectivity index (χ4v) is 6.49. The standard InChI is InChI=1S/C32H35N3O2/c1-20-18-34-35(4)31(20)23-16-27-29(28(21-8-6-5-7-9-21)22-12-14-37-15-13-22)26-17-24(32(2,3)36)10-11-25(26)30(27)33-19-23/h5-11,16-19,22,28-29,36H,12-15H2,1-4H3/t28-,29?/m1/s1. The van der Waals surface area contributed by atoms with Crippen molar-refractivity contribution in [2.24, 2.45) is 13.0 Å². The zero-order valence-electron chi connectivity index (χ0n) is 22.1. The van der Waals surface area contributed by atoms with E-state index in [2.05, 4.69) is 66.6 Å². The first-order valence-corrected chi connectivity index (χ1v) is 13.3. The van der Waals surface area contributed by atoms with Gasteiger partial charge in [-0.2, -0.15) is 5.10 Å². The number of ether oxygens (including phenoxy) is 1. The van der Waals surface area contributed by atoms with Gasteiger partial charge in [0.15, 0.2) is 0 Å². The smallest absolute Gasteiger partial charge is 0.0840 e. The Morgan fingerprint density at radius 1 is 1.00 bits per heavy atom. The third-order valence-corrected chi connectivity index (χ3v) is 8.31. The van der Waals surface area contributed by atoms with Crippen LogP contribution in [0.5, 0.6) is 0 Å². The Bertz CT molecular complexity index is 1410. The van der Waals surface area contributed by atoms with E-state index in [1.54, 1.807) is 0 Å². The van der Waals surface area contributed by atoms with Crippen molar-refractivity contribution in [3.63, 3.8) is 0 Å². The van der Waals surface area contributed by atoms with Crippen molar-refractivity contribution in [2.75, 3.05) is 13.2 Å². The molecule has 1 aliphatic carbocycles. The first-order valence-electron chi connectivity index (χ1n) is 13.3.